The average molecular weight is 455 g/mol. The van der Waals surface area contributed by atoms with Crippen LogP contribution in [-0.4, -0.2) is 51.2 Å². The molecule has 1 aliphatic rings. The number of aromatic nitrogens is 3. The van der Waals surface area contributed by atoms with Crippen molar-refractivity contribution in [1.29, 1.82) is 0 Å². The van der Waals surface area contributed by atoms with Crippen LogP contribution in [0.2, 0.25) is 5.02 Å². The van der Waals surface area contributed by atoms with Crippen LogP contribution in [0.25, 0.3) is 16.7 Å². The number of benzene rings is 1. The molecular weight excluding hydrogens is 428 g/mol. The van der Waals surface area contributed by atoms with E-state index in [4.69, 9.17) is 26.4 Å². The van der Waals surface area contributed by atoms with E-state index in [-0.39, 0.29) is 17.8 Å². The van der Waals surface area contributed by atoms with E-state index in [2.05, 4.69) is 0 Å². The van der Waals surface area contributed by atoms with Gasteiger partial charge in [-0.1, -0.05) is 17.7 Å². The Morgan fingerprint density at radius 1 is 1.25 bits per heavy atom. The van der Waals surface area contributed by atoms with E-state index >= 15 is 0 Å². The van der Waals surface area contributed by atoms with Gasteiger partial charge in [0.1, 0.15) is 0 Å². The minimum Gasteiger partial charge on any atom is -0.466 e. The third-order valence-electron chi connectivity index (χ3n) is 5.97. The van der Waals surface area contributed by atoms with Crippen molar-refractivity contribution in [2.24, 2.45) is 5.92 Å². The number of pyridine rings is 1. The largest absolute Gasteiger partial charge is 0.466 e. The minimum absolute atomic E-state index is 0.111. The summed E-state index contributed by atoms with van der Waals surface area (Å²) in [5.74, 6) is -0.634. The van der Waals surface area contributed by atoms with E-state index in [1.165, 1.54) is 0 Å². The van der Waals surface area contributed by atoms with Crippen LogP contribution >= 0.6 is 11.6 Å². The Labute approximate surface area is 192 Å². The second kappa shape index (κ2) is 8.90. The Balaban J connectivity index is 1.77. The van der Waals surface area contributed by atoms with Crippen LogP contribution in [-0.2, 0) is 9.53 Å². The van der Waals surface area contributed by atoms with Crippen LogP contribution in [0.4, 0.5) is 0 Å². The first-order valence-corrected chi connectivity index (χ1v) is 11.3. The molecule has 1 atom stereocenters. The van der Waals surface area contributed by atoms with Crippen LogP contribution in [0.3, 0.4) is 0 Å². The lowest BCUT2D eigenvalue weighted by Crippen LogP contribution is -2.43. The highest BCUT2D eigenvalue weighted by atomic mass is 35.5. The molecule has 8 heteroatoms. The SMILES string of the molecule is CCOC(=O)C1CCCN(C(=O)c2cc(C)nc3c2c(C)nn3-c2cccc(Cl)c2C)C1. The smallest absolute Gasteiger partial charge is 0.310 e. The van der Waals surface area contributed by atoms with Crippen molar-refractivity contribution in [2.75, 3.05) is 19.7 Å². The van der Waals surface area contributed by atoms with E-state index in [1.807, 2.05) is 45.0 Å². The lowest BCUT2D eigenvalue weighted by molar-refractivity contribution is -0.149. The molecule has 3 aromatic rings. The van der Waals surface area contributed by atoms with Crippen molar-refractivity contribution in [3.8, 4) is 5.69 Å². The molecule has 0 aliphatic carbocycles. The molecule has 1 amide bonds. The van der Waals surface area contributed by atoms with Gasteiger partial charge in [-0.25, -0.2) is 9.67 Å². The van der Waals surface area contributed by atoms with E-state index < -0.39 is 0 Å². The number of rotatable bonds is 4. The number of carbonyl (C=O) groups excluding carboxylic acids is 2. The van der Waals surface area contributed by atoms with Gasteiger partial charge in [-0.2, -0.15) is 5.10 Å². The fourth-order valence-corrected chi connectivity index (χ4v) is 4.53. The summed E-state index contributed by atoms with van der Waals surface area (Å²) in [6.45, 7) is 8.79. The van der Waals surface area contributed by atoms with Crippen LogP contribution in [0.15, 0.2) is 24.3 Å². The molecule has 1 aromatic carbocycles. The molecule has 1 fully saturated rings. The van der Waals surface area contributed by atoms with Crippen LogP contribution in [0, 0.1) is 26.7 Å². The van der Waals surface area contributed by atoms with Gasteiger partial charge in [-0.05, 0) is 64.3 Å². The topological polar surface area (TPSA) is 77.3 Å². The van der Waals surface area contributed by atoms with E-state index in [1.54, 1.807) is 16.5 Å². The molecular formula is C24H27ClN4O3. The molecule has 0 N–H and O–H groups in total. The fourth-order valence-electron chi connectivity index (χ4n) is 4.36. The van der Waals surface area contributed by atoms with E-state index in [0.29, 0.717) is 41.6 Å². The second-order valence-electron chi connectivity index (χ2n) is 8.23. The Kier molecular flexibility index (Phi) is 6.20. The van der Waals surface area contributed by atoms with E-state index in [9.17, 15) is 9.59 Å². The third kappa shape index (κ3) is 3.97. The average Bonchev–Trinajstić information content (AvgIpc) is 3.10. The number of likely N-dealkylation sites (tertiary alicyclic amines) is 1. The molecule has 32 heavy (non-hydrogen) atoms. The molecule has 0 radical (unpaired) electrons. The maximum absolute atomic E-state index is 13.6. The summed E-state index contributed by atoms with van der Waals surface area (Å²) in [6.07, 6.45) is 1.50. The van der Waals surface area contributed by atoms with Gasteiger partial charge < -0.3 is 9.64 Å². The number of fused-ring (bicyclic) bond motifs is 1. The summed E-state index contributed by atoms with van der Waals surface area (Å²) in [4.78, 5) is 32.3. The summed E-state index contributed by atoms with van der Waals surface area (Å²) in [5, 5.41) is 6.07. The number of hydrogen-bond acceptors (Lipinski definition) is 5. The quantitative estimate of drug-likeness (QED) is 0.545. The molecule has 0 spiro atoms. The number of halogens is 1. The zero-order chi connectivity index (χ0) is 23.0. The number of aryl methyl sites for hydroxylation is 2. The number of nitrogens with zero attached hydrogens (tertiary/aromatic N) is 4. The van der Waals surface area contributed by atoms with Crippen molar-refractivity contribution in [3.63, 3.8) is 0 Å². The van der Waals surface area contributed by atoms with Crippen molar-refractivity contribution in [3.05, 3.63) is 51.8 Å². The lowest BCUT2D eigenvalue weighted by Gasteiger charge is -2.31. The molecule has 168 valence electrons. The summed E-state index contributed by atoms with van der Waals surface area (Å²) in [5.41, 5.74) is 4.33. The zero-order valence-electron chi connectivity index (χ0n) is 18.8. The van der Waals surface area contributed by atoms with Gasteiger partial charge in [0.25, 0.3) is 5.91 Å². The third-order valence-corrected chi connectivity index (χ3v) is 6.38. The van der Waals surface area contributed by atoms with Gasteiger partial charge in [0, 0.05) is 23.8 Å². The van der Waals surface area contributed by atoms with Crippen molar-refractivity contribution in [1.82, 2.24) is 19.7 Å². The number of piperidine rings is 1. The second-order valence-corrected chi connectivity index (χ2v) is 8.64. The summed E-state index contributed by atoms with van der Waals surface area (Å²) in [7, 11) is 0. The Morgan fingerprint density at radius 3 is 2.78 bits per heavy atom. The first-order chi connectivity index (χ1) is 15.3. The molecule has 1 unspecified atom stereocenters. The van der Waals surface area contributed by atoms with E-state index in [0.717, 1.165) is 35.2 Å². The van der Waals surface area contributed by atoms with Gasteiger partial charge in [0.05, 0.1) is 34.9 Å². The van der Waals surface area contributed by atoms with Crippen molar-refractivity contribution >= 4 is 34.5 Å². The first kappa shape index (κ1) is 22.3. The fraction of sp³-hybridized carbons (Fsp3) is 0.417. The van der Waals surface area contributed by atoms with Gasteiger partial charge in [-0.3, -0.25) is 9.59 Å². The molecule has 0 saturated carbocycles. The predicted octanol–water partition coefficient (Wildman–Crippen LogP) is 4.41. The molecule has 3 heterocycles. The highest BCUT2D eigenvalue weighted by Crippen LogP contribution is 2.30. The molecule has 1 aliphatic heterocycles. The number of esters is 1. The van der Waals surface area contributed by atoms with Gasteiger partial charge in [-0.15, -0.1) is 0 Å². The summed E-state index contributed by atoms with van der Waals surface area (Å²) < 4.78 is 6.94. The summed E-state index contributed by atoms with van der Waals surface area (Å²) in [6, 6.07) is 7.46. The monoisotopic (exact) mass is 454 g/mol. The molecule has 0 bridgehead atoms. The lowest BCUT2D eigenvalue weighted by atomic mass is 9.97. The molecule has 1 saturated heterocycles. The maximum atomic E-state index is 13.6. The zero-order valence-corrected chi connectivity index (χ0v) is 19.6. The molecule has 4 rings (SSSR count). The number of carbonyl (C=O) groups is 2. The maximum Gasteiger partial charge on any atom is 0.310 e. The van der Waals surface area contributed by atoms with Crippen LogP contribution < -0.4 is 0 Å². The summed E-state index contributed by atoms with van der Waals surface area (Å²) >= 11 is 6.34. The normalized spacial score (nSPS) is 16.4. The number of amides is 1. The Morgan fingerprint density at radius 2 is 2.03 bits per heavy atom. The van der Waals surface area contributed by atoms with Gasteiger partial charge in [0.15, 0.2) is 5.65 Å². The standard InChI is InChI=1S/C24H27ClN4O3/c1-5-32-24(31)17-8-7-11-28(13-17)23(30)18-12-14(2)26-22-21(18)16(4)27-29(22)20-10-6-9-19(25)15(20)3/h6,9-10,12,17H,5,7-8,11,13H2,1-4H3. The molecule has 7 nitrogen and oxygen atoms in total. The number of ether oxygens (including phenoxy) is 1. The van der Waals surface area contributed by atoms with Crippen LogP contribution in [0.1, 0.15) is 47.1 Å². The Hall–Kier alpha value is -2.93. The molecule has 2 aromatic heterocycles. The Bertz CT molecular complexity index is 1200. The van der Waals surface area contributed by atoms with Crippen molar-refractivity contribution < 1.29 is 14.3 Å². The highest BCUT2D eigenvalue weighted by molar-refractivity contribution is 6.31. The van der Waals surface area contributed by atoms with Crippen molar-refractivity contribution in [2.45, 2.75) is 40.5 Å². The highest BCUT2D eigenvalue weighted by Gasteiger charge is 2.31. The van der Waals surface area contributed by atoms with Gasteiger partial charge in [0.2, 0.25) is 0 Å². The minimum atomic E-state index is -0.288. The first-order valence-electron chi connectivity index (χ1n) is 10.9. The van der Waals surface area contributed by atoms with Crippen LogP contribution in [0.5, 0.6) is 0 Å². The number of hydrogen-bond donors (Lipinski definition) is 0. The van der Waals surface area contributed by atoms with Gasteiger partial charge >= 0.3 is 5.97 Å². The predicted molar refractivity (Wildman–Crippen MR) is 123 cm³/mol.